The van der Waals surface area contributed by atoms with Crippen molar-refractivity contribution in [3.05, 3.63) is 63.3 Å². The molecule has 6 nitrogen and oxygen atoms in total. The number of benzene rings is 1. The highest BCUT2D eigenvalue weighted by Gasteiger charge is 2.15. The van der Waals surface area contributed by atoms with E-state index in [1.807, 2.05) is 53.3 Å². The molecule has 3 rings (SSSR count). The maximum atomic E-state index is 12.1. The lowest BCUT2D eigenvalue weighted by atomic mass is 10.2. The van der Waals surface area contributed by atoms with Crippen molar-refractivity contribution in [1.82, 2.24) is 20.2 Å². The van der Waals surface area contributed by atoms with E-state index in [-0.39, 0.29) is 11.7 Å². The first-order valence-electron chi connectivity index (χ1n) is 8.34. The van der Waals surface area contributed by atoms with Gasteiger partial charge in [-0.15, -0.1) is 21.5 Å². The molecule has 144 valence electrons. The van der Waals surface area contributed by atoms with Gasteiger partial charge in [0, 0.05) is 21.5 Å². The zero-order valence-corrected chi connectivity index (χ0v) is 18.4. The van der Waals surface area contributed by atoms with E-state index in [0.717, 1.165) is 26.3 Å². The van der Waals surface area contributed by atoms with E-state index in [1.165, 1.54) is 11.8 Å². The van der Waals surface area contributed by atoms with Gasteiger partial charge in [-0.25, -0.2) is 5.43 Å². The molecule has 1 aromatic carbocycles. The zero-order valence-electron chi connectivity index (χ0n) is 15.1. The summed E-state index contributed by atoms with van der Waals surface area (Å²) in [4.78, 5) is 13.1. The number of aromatic nitrogens is 3. The van der Waals surface area contributed by atoms with E-state index in [9.17, 15) is 4.79 Å². The van der Waals surface area contributed by atoms with E-state index in [0.29, 0.717) is 11.7 Å². The van der Waals surface area contributed by atoms with Gasteiger partial charge in [-0.1, -0.05) is 58.0 Å². The van der Waals surface area contributed by atoms with Gasteiger partial charge in [0.2, 0.25) is 0 Å². The first-order valence-corrected chi connectivity index (χ1v) is 11.0. The third-order valence-electron chi connectivity index (χ3n) is 3.50. The minimum Gasteiger partial charge on any atom is -0.298 e. The summed E-state index contributed by atoms with van der Waals surface area (Å²) in [6.07, 6.45) is 1.63. The Bertz CT molecular complexity index is 980. The number of halogens is 1. The molecule has 2 aromatic heterocycles. The lowest BCUT2D eigenvalue weighted by Crippen LogP contribution is -2.20. The molecule has 0 radical (unpaired) electrons. The monoisotopic (exact) mass is 475 g/mol. The lowest BCUT2D eigenvalue weighted by molar-refractivity contribution is -0.118. The van der Waals surface area contributed by atoms with Crippen LogP contribution in [-0.2, 0) is 11.3 Å². The van der Waals surface area contributed by atoms with Gasteiger partial charge < -0.3 is 0 Å². The molecule has 0 spiro atoms. The van der Waals surface area contributed by atoms with Crippen LogP contribution in [0.2, 0.25) is 0 Å². The third-order valence-corrected chi connectivity index (χ3v) is 5.81. The minimum atomic E-state index is -0.201. The summed E-state index contributed by atoms with van der Waals surface area (Å²) in [5, 5.41) is 15.2. The highest BCUT2D eigenvalue weighted by atomic mass is 79.9. The number of thiophene rings is 1. The number of allylic oxidation sites excluding steroid dienone is 1. The maximum Gasteiger partial charge on any atom is 0.250 e. The van der Waals surface area contributed by atoms with Gasteiger partial charge in [0.25, 0.3) is 5.91 Å². The van der Waals surface area contributed by atoms with Crippen LogP contribution in [0, 0.1) is 0 Å². The van der Waals surface area contributed by atoms with Gasteiger partial charge in [-0.3, -0.25) is 9.36 Å². The van der Waals surface area contributed by atoms with Crippen LogP contribution in [0.5, 0.6) is 0 Å². The summed E-state index contributed by atoms with van der Waals surface area (Å²) < 4.78 is 2.97. The number of nitrogens with one attached hydrogen (secondary N) is 1. The predicted molar refractivity (Wildman–Crippen MR) is 119 cm³/mol. The lowest BCUT2D eigenvalue weighted by Gasteiger charge is -2.10. The van der Waals surface area contributed by atoms with Crippen molar-refractivity contribution < 1.29 is 4.79 Å². The first kappa shape index (κ1) is 20.5. The van der Waals surface area contributed by atoms with Crippen molar-refractivity contribution in [1.29, 1.82) is 0 Å². The quantitative estimate of drug-likeness (QED) is 0.224. The first-order chi connectivity index (χ1) is 13.5. The summed E-state index contributed by atoms with van der Waals surface area (Å²) in [5.41, 5.74) is 4.46. The largest absolute Gasteiger partial charge is 0.298 e. The third kappa shape index (κ3) is 5.63. The Labute approximate surface area is 179 Å². The Morgan fingerprint density at radius 3 is 2.82 bits per heavy atom. The average Bonchev–Trinajstić information content (AvgIpc) is 3.31. The molecule has 0 aliphatic heterocycles. The molecule has 0 fully saturated rings. The second-order valence-electron chi connectivity index (χ2n) is 5.95. The van der Waals surface area contributed by atoms with Gasteiger partial charge in [-0.05, 0) is 30.5 Å². The fraction of sp³-hybridized carbons (Fsp3) is 0.158. The molecule has 3 aromatic rings. The predicted octanol–water partition coefficient (Wildman–Crippen LogP) is 4.59. The maximum absolute atomic E-state index is 12.1. The van der Waals surface area contributed by atoms with Gasteiger partial charge >= 0.3 is 0 Å². The number of amides is 1. The van der Waals surface area contributed by atoms with Crippen molar-refractivity contribution >= 4 is 51.2 Å². The summed E-state index contributed by atoms with van der Waals surface area (Å²) in [6.45, 7) is 6.52. The average molecular weight is 476 g/mol. The summed E-state index contributed by atoms with van der Waals surface area (Å²) in [7, 11) is 0. The Balaban J connectivity index is 1.68. The van der Waals surface area contributed by atoms with E-state index in [1.54, 1.807) is 17.6 Å². The number of carbonyl (C=O) groups is 1. The molecule has 0 saturated heterocycles. The SMILES string of the molecule is C=C(C)Cn1c(SCC(=O)N/N=C\c2cccs2)nnc1-c1ccc(Br)cc1. The van der Waals surface area contributed by atoms with E-state index in [4.69, 9.17) is 0 Å². The number of thioether (sulfide) groups is 1. The molecule has 9 heteroatoms. The number of rotatable bonds is 8. The molecule has 28 heavy (non-hydrogen) atoms. The van der Waals surface area contributed by atoms with Crippen LogP contribution in [0.15, 0.2) is 68.7 Å². The van der Waals surface area contributed by atoms with Crippen molar-refractivity contribution in [2.45, 2.75) is 18.6 Å². The van der Waals surface area contributed by atoms with Crippen molar-refractivity contribution in [2.24, 2.45) is 5.10 Å². The molecule has 0 bridgehead atoms. The summed E-state index contributed by atoms with van der Waals surface area (Å²) >= 11 is 6.31. The highest BCUT2D eigenvalue weighted by Crippen LogP contribution is 2.26. The molecule has 0 unspecified atom stereocenters. The molecule has 1 N–H and O–H groups in total. The number of hydrogen-bond donors (Lipinski definition) is 1. The summed E-state index contributed by atoms with van der Waals surface area (Å²) in [6, 6.07) is 11.7. The fourth-order valence-electron chi connectivity index (χ4n) is 2.32. The van der Waals surface area contributed by atoms with Crippen molar-refractivity contribution in [3.63, 3.8) is 0 Å². The number of nitrogens with zero attached hydrogens (tertiary/aromatic N) is 4. The van der Waals surface area contributed by atoms with E-state index >= 15 is 0 Å². The van der Waals surface area contributed by atoms with Crippen LogP contribution in [0.25, 0.3) is 11.4 Å². The smallest absolute Gasteiger partial charge is 0.250 e. The van der Waals surface area contributed by atoms with Gasteiger partial charge in [0.1, 0.15) is 0 Å². The Morgan fingerprint density at radius 1 is 1.36 bits per heavy atom. The normalized spacial score (nSPS) is 11.1. The number of carbonyl (C=O) groups excluding carboxylic acids is 1. The highest BCUT2D eigenvalue weighted by molar-refractivity contribution is 9.10. The Kier molecular flexibility index (Phi) is 7.18. The molecule has 0 atom stereocenters. The molecule has 0 aliphatic rings. The van der Waals surface area contributed by atoms with Crippen LogP contribution in [-0.4, -0.2) is 32.6 Å². The molecule has 1 amide bonds. The zero-order chi connectivity index (χ0) is 19.9. The molecule has 0 saturated carbocycles. The number of hydrazone groups is 1. The molecule has 2 heterocycles. The molecular weight excluding hydrogens is 458 g/mol. The molecule has 0 aliphatic carbocycles. The fourth-order valence-corrected chi connectivity index (χ4v) is 3.89. The van der Waals surface area contributed by atoms with E-state index in [2.05, 4.69) is 43.2 Å². The van der Waals surface area contributed by atoms with Crippen molar-refractivity contribution in [2.75, 3.05) is 5.75 Å². The van der Waals surface area contributed by atoms with Crippen LogP contribution in [0.3, 0.4) is 0 Å². The van der Waals surface area contributed by atoms with Gasteiger partial charge in [-0.2, -0.15) is 5.10 Å². The van der Waals surface area contributed by atoms with Crippen LogP contribution >= 0.6 is 39.0 Å². The Hall–Kier alpha value is -2.23. The van der Waals surface area contributed by atoms with Gasteiger partial charge in [0.15, 0.2) is 11.0 Å². The van der Waals surface area contributed by atoms with E-state index < -0.39 is 0 Å². The van der Waals surface area contributed by atoms with Crippen LogP contribution in [0.1, 0.15) is 11.8 Å². The van der Waals surface area contributed by atoms with Crippen LogP contribution in [0.4, 0.5) is 0 Å². The number of hydrogen-bond acceptors (Lipinski definition) is 6. The second-order valence-corrected chi connectivity index (χ2v) is 8.79. The topological polar surface area (TPSA) is 72.2 Å². The molecular formula is C19H18BrN5OS2. The summed E-state index contributed by atoms with van der Waals surface area (Å²) in [5.74, 6) is 0.734. The standard InChI is InChI=1S/C19H18BrN5OS2/c1-13(2)11-25-18(14-5-7-15(20)8-6-14)23-24-19(25)28-12-17(26)22-21-10-16-4-3-9-27-16/h3-10H,1,11-12H2,2H3,(H,22,26)/b21-10-. The van der Waals surface area contributed by atoms with Crippen molar-refractivity contribution in [3.8, 4) is 11.4 Å². The van der Waals surface area contributed by atoms with Gasteiger partial charge in [0.05, 0.1) is 12.0 Å². The Morgan fingerprint density at radius 2 is 2.14 bits per heavy atom. The van der Waals surface area contributed by atoms with Crippen LogP contribution < -0.4 is 5.43 Å². The minimum absolute atomic E-state index is 0.191. The second kappa shape index (κ2) is 9.81.